The van der Waals surface area contributed by atoms with Crippen LogP contribution in [0, 0.1) is 0 Å². The number of halogens is 3. The van der Waals surface area contributed by atoms with E-state index >= 15 is 0 Å². The molecule has 0 radical (unpaired) electrons. The third-order valence-electron chi connectivity index (χ3n) is 5.92. The van der Waals surface area contributed by atoms with Crippen molar-refractivity contribution >= 4 is 17.4 Å². The van der Waals surface area contributed by atoms with Gasteiger partial charge in [-0.05, 0) is 35.6 Å². The summed E-state index contributed by atoms with van der Waals surface area (Å²) >= 11 is 0. The molecular weight excluding hydrogens is 417 g/mol. The Hall–Kier alpha value is -3.29. The highest BCUT2D eigenvalue weighted by atomic mass is 19.4. The number of alkyl halides is 3. The Labute approximate surface area is 184 Å². The van der Waals surface area contributed by atoms with Gasteiger partial charge in [-0.15, -0.1) is 0 Å². The van der Waals surface area contributed by atoms with Gasteiger partial charge in [-0.2, -0.15) is 18.3 Å². The minimum absolute atomic E-state index is 0.0784. The summed E-state index contributed by atoms with van der Waals surface area (Å²) in [5, 5.41) is 9.90. The van der Waals surface area contributed by atoms with Crippen molar-refractivity contribution in [2.75, 3.05) is 10.6 Å². The standard InChI is InChI=1S/C24H25F3N4O/c1-3-15-9-11-17(12-10-15)20-13-21(24(25,26)27)31-22(29-20)18(14-28-31)23(32)30-19-8-6-5-7-16(19)4-2/h5-12,14,20-21,29H,3-4,13H2,1-2H3,(H,30,32). The van der Waals surface area contributed by atoms with Crippen molar-refractivity contribution < 1.29 is 18.0 Å². The molecule has 0 saturated carbocycles. The van der Waals surface area contributed by atoms with Crippen LogP contribution in [0.25, 0.3) is 0 Å². The molecule has 1 amide bonds. The highest BCUT2D eigenvalue weighted by Crippen LogP contribution is 2.44. The SMILES string of the molecule is CCc1ccc(C2CC(C(F)(F)F)n3ncc(C(=O)Nc4ccccc4CC)c3N2)cc1. The van der Waals surface area contributed by atoms with Gasteiger partial charge in [-0.3, -0.25) is 4.79 Å². The molecule has 0 fully saturated rings. The van der Waals surface area contributed by atoms with E-state index in [0.29, 0.717) is 12.1 Å². The van der Waals surface area contributed by atoms with Gasteiger partial charge in [0.05, 0.1) is 12.2 Å². The number of aromatic nitrogens is 2. The van der Waals surface area contributed by atoms with Crippen LogP contribution in [0.15, 0.2) is 54.7 Å². The average Bonchev–Trinajstić information content (AvgIpc) is 3.22. The van der Waals surface area contributed by atoms with E-state index in [1.165, 1.54) is 6.20 Å². The van der Waals surface area contributed by atoms with E-state index < -0.39 is 24.2 Å². The molecule has 168 valence electrons. The molecular formula is C24H25F3N4O. The molecule has 2 atom stereocenters. The number of rotatable bonds is 5. The lowest BCUT2D eigenvalue weighted by atomic mass is 9.95. The van der Waals surface area contributed by atoms with Gasteiger partial charge in [0.1, 0.15) is 11.4 Å². The number of fused-ring (bicyclic) bond motifs is 1. The van der Waals surface area contributed by atoms with Crippen molar-refractivity contribution in [3.8, 4) is 0 Å². The molecule has 0 aliphatic carbocycles. The van der Waals surface area contributed by atoms with Crippen LogP contribution in [0.4, 0.5) is 24.7 Å². The molecule has 0 spiro atoms. The third kappa shape index (κ3) is 4.22. The summed E-state index contributed by atoms with van der Waals surface area (Å²) in [6.45, 7) is 3.99. The van der Waals surface area contributed by atoms with E-state index in [-0.39, 0.29) is 17.8 Å². The molecule has 8 heteroatoms. The zero-order valence-corrected chi connectivity index (χ0v) is 17.9. The first kappa shape index (κ1) is 21.9. The number of para-hydroxylation sites is 1. The monoisotopic (exact) mass is 442 g/mol. The number of hydrogen-bond acceptors (Lipinski definition) is 3. The number of amides is 1. The number of anilines is 2. The van der Waals surface area contributed by atoms with Crippen molar-refractivity contribution in [1.29, 1.82) is 0 Å². The van der Waals surface area contributed by atoms with Crippen LogP contribution >= 0.6 is 0 Å². The second kappa shape index (κ2) is 8.68. The van der Waals surface area contributed by atoms with Crippen molar-refractivity contribution in [2.24, 2.45) is 0 Å². The maximum Gasteiger partial charge on any atom is 0.410 e. The van der Waals surface area contributed by atoms with Crippen LogP contribution in [0.3, 0.4) is 0 Å². The zero-order chi connectivity index (χ0) is 22.9. The minimum Gasteiger partial charge on any atom is -0.363 e. The summed E-state index contributed by atoms with van der Waals surface area (Å²) in [4.78, 5) is 13.0. The molecule has 2 heterocycles. The molecule has 1 aliphatic rings. The first-order valence-corrected chi connectivity index (χ1v) is 10.7. The topological polar surface area (TPSA) is 59.0 Å². The smallest absolute Gasteiger partial charge is 0.363 e. The summed E-state index contributed by atoms with van der Waals surface area (Å²) < 4.78 is 42.6. The lowest BCUT2D eigenvalue weighted by Gasteiger charge is -2.34. The predicted octanol–water partition coefficient (Wildman–Crippen LogP) is 5.92. The summed E-state index contributed by atoms with van der Waals surface area (Å²) in [5.41, 5.74) is 3.51. The Kier molecular flexibility index (Phi) is 5.95. The van der Waals surface area contributed by atoms with Crippen molar-refractivity contribution in [2.45, 2.75) is 51.4 Å². The molecule has 0 saturated heterocycles. The maximum atomic E-state index is 13.9. The zero-order valence-electron chi connectivity index (χ0n) is 17.9. The lowest BCUT2D eigenvalue weighted by Crippen LogP contribution is -2.36. The first-order valence-electron chi connectivity index (χ1n) is 10.7. The lowest BCUT2D eigenvalue weighted by molar-refractivity contribution is -0.173. The van der Waals surface area contributed by atoms with Crippen LogP contribution in [-0.4, -0.2) is 21.9 Å². The summed E-state index contributed by atoms with van der Waals surface area (Å²) in [6.07, 6.45) is -1.93. The Morgan fingerprint density at radius 3 is 2.50 bits per heavy atom. The van der Waals surface area contributed by atoms with Crippen LogP contribution in [0.5, 0.6) is 0 Å². The number of carbonyl (C=O) groups excluding carboxylic acids is 1. The van der Waals surface area contributed by atoms with Gasteiger partial charge < -0.3 is 10.6 Å². The van der Waals surface area contributed by atoms with Gasteiger partial charge in [-0.1, -0.05) is 56.3 Å². The van der Waals surface area contributed by atoms with Gasteiger partial charge >= 0.3 is 6.18 Å². The third-order valence-corrected chi connectivity index (χ3v) is 5.92. The molecule has 0 bridgehead atoms. The molecule has 5 nitrogen and oxygen atoms in total. The Morgan fingerprint density at radius 1 is 1.12 bits per heavy atom. The Morgan fingerprint density at radius 2 is 1.84 bits per heavy atom. The number of aryl methyl sites for hydroxylation is 2. The van der Waals surface area contributed by atoms with E-state index in [9.17, 15) is 18.0 Å². The number of nitrogens with zero attached hydrogens (tertiary/aromatic N) is 2. The van der Waals surface area contributed by atoms with Crippen LogP contribution in [0.2, 0.25) is 0 Å². The average molecular weight is 442 g/mol. The highest BCUT2D eigenvalue weighted by Gasteiger charge is 2.47. The quantitative estimate of drug-likeness (QED) is 0.516. The van der Waals surface area contributed by atoms with E-state index in [1.807, 2.05) is 50.2 Å². The fraction of sp³-hybridized carbons (Fsp3) is 0.333. The van der Waals surface area contributed by atoms with E-state index in [4.69, 9.17) is 0 Å². The normalized spacial score (nSPS) is 18.0. The maximum absolute atomic E-state index is 13.9. The van der Waals surface area contributed by atoms with Gasteiger partial charge in [0.2, 0.25) is 0 Å². The number of carbonyl (C=O) groups is 1. The predicted molar refractivity (Wildman–Crippen MR) is 118 cm³/mol. The van der Waals surface area contributed by atoms with Crippen LogP contribution in [0.1, 0.15) is 59.4 Å². The van der Waals surface area contributed by atoms with E-state index in [0.717, 1.165) is 27.8 Å². The number of hydrogen-bond donors (Lipinski definition) is 2. The van der Waals surface area contributed by atoms with Crippen molar-refractivity contribution in [3.63, 3.8) is 0 Å². The number of benzene rings is 2. The summed E-state index contributed by atoms with van der Waals surface area (Å²) in [5.74, 6) is -0.419. The molecule has 1 aliphatic heterocycles. The Bertz CT molecular complexity index is 1110. The van der Waals surface area contributed by atoms with Gasteiger partial charge in [0, 0.05) is 12.1 Å². The second-order valence-corrected chi connectivity index (χ2v) is 7.90. The van der Waals surface area contributed by atoms with Gasteiger partial charge in [-0.25, -0.2) is 4.68 Å². The summed E-state index contributed by atoms with van der Waals surface area (Å²) in [6, 6.07) is 12.5. The van der Waals surface area contributed by atoms with Crippen LogP contribution < -0.4 is 10.6 Å². The van der Waals surface area contributed by atoms with Crippen LogP contribution in [-0.2, 0) is 12.8 Å². The van der Waals surface area contributed by atoms with Crippen molar-refractivity contribution in [1.82, 2.24) is 9.78 Å². The highest BCUT2D eigenvalue weighted by molar-refractivity contribution is 6.07. The van der Waals surface area contributed by atoms with Gasteiger partial charge in [0.15, 0.2) is 6.04 Å². The molecule has 2 aromatic carbocycles. The molecule has 2 unspecified atom stereocenters. The van der Waals surface area contributed by atoms with Gasteiger partial charge in [0.25, 0.3) is 5.91 Å². The largest absolute Gasteiger partial charge is 0.410 e. The molecule has 2 N–H and O–H groups in total. The fourth-order valence-electron chi connectivity index (χ4n) is 4.07. The summed E-state index contributed by atoms with van der Waals surface area (Å²) in [7, 11) is 0. The van der Waals surface area contributed by atoms with E-state index in [2.05, 4.69) is 15.7 Å². The van der Waals surface area contributed by atoms with E-state index in [1.54, 1.807) is 12.1 Å². The Balaban J connectivity index is 1.68. The molecule has 4 rings (SSSR count). The molecule has 32 heavy (non-hydrogen) atoms. The minimum atomic E-state index is -4.49. The van der Waals surface area contributed by atoms with Crippen molar-refractivity contribution in [3.05, 3.63) is 77.0 Å². The second-order valence-electron chi connectivity index (χ2n) is 7.90. The molecule has 1 aromatic heterocycles. The number of nitrogens with one attached hydrogen (secondary N) is 2. The first-order chi connectivity index (χ1) is 15.3. The molecule has 3 aromatic rings. The fourth-order valence-corrected chi connectivity index (χ4v) is 4.07.